The van der Waals surface area contributed by atoms with Gasteiger partial charge in [0.2, 0.25) is 0 Å². The maximum absolute atomic E-state index is 14.3. The molecule has 0 spiro atoms. The summed E-state index contributed by atoms with van der Waals surface area (Å²) in [4.78, 5) is 13.2. The van der Waals surface area contributed by atoms with Crippen molar-refractivity contribution in [1.29, 1.82) is 0 Å². The zero-order valence-electron chi connectivity index (χ0n) is 22.0. The second-order valence-corrected chi connectivity index (χ2v) is 11.3. The molecule has 1 aromatic heterocycles. The van der Waals surface area contributed by atoms with E-state index in [4.69, 9.17) is 4.74 Å². The normalized spacial score (nSPS) is 11.9. The smallest absolute Gasteiger partial charge is 0.418 e. The Bertz CT molecular complexity index is 1670. The fraction of sp³-hybridized carbons (Fsp3) is 0.207. The van der Waals surface area contributed by atoms with Crippen molar-refractivity contribution in [3.05, 3.63) is 94.8 Å². The van der Waals surface area contributed by atoms with Gasteiger partial charge in [0.1, 0.15) is 5.75 Å². The maximum Gasteiger partial charge on any atom is 0.418 e. The number of halogens is 3. The summed E-state index contributed by atoms with van der Waals surface area (Å²) in [5, 5.41) is 2.68. The molecule has 39 heavy (non-hydrogen) atoms. The number of rotatable bonds is 6. The molecule has 3 aromatic carbocycles. The summed E-state index contributed by atoms with van der Waals surface area (Å²) < 4.78 is 72.9. The number of carbonyl (C=O) groups excluding carboxylic acids is 1. The lowest BCUT2D eigenvalue weighted by Crippen LogP contribution is -2.15. The zero-order chi connectivity index (χ0) is 28.7. The summed E-state index contributed by atoms with van der Waals surface area (Å²) in [5.74, 6) is 0.0835. The van der Waals surface area contributed by atoms with Gasteiger partial charge in [-0.05, 0) is 92.1 Å². The second kappa shape index (κ2) is 10.3. The molecule has 1 N–H and O–H groups in total. The molecular formula is C29H27F3N2O4S. The molecule has 0 aliphatic rings. The highest BCUT2D eigenvalue weighted by Crippen LogP contribution is 2.39. The van der Waals surface area contributed by atoms with Gasteiger partial charge in [0.05, 0.1) is 28.8 Å². The van der Waals surface area contributed by atoms with Gasteiger partial charge in [0.15, 0.2) is 9.84 Å². The minimum Gasteiger partial charge on any atom is -0.497 e. The number of aromatic nitrogens is 1. The van der Waals surface area contributed by atoms with Crippen LogP contribution in [0.1, 0.15) is 32.9 Å². The first kappa shape index (κ1) is 28.0. The average Bonchev–Trinajstić information content (AvgIpc) is 3.16. The van der Waals surface area contributed by atoms with Crippen LogP contribution in [-0.4, -0.2) is 32.3 Å². The molecule has 0 saturated carbocycles. The van der Waals surface area contributed by atoms with Crippen molar-refractivity contribution in [2.24, 2.45) is 0 Å². The Balaban J connectivity index is 1.73. The zero-order valence-corrected chi connectivity index (χ0v) is 22.8. The lowest BCUT2D eigenvalue weighted by Gasteiger charge is -2.19. The number of benzene rings is 3. The summed E-state index contributed by atoms with van der Waals surface area (Å²) in [6.07, 6.45) is -3.58. The number of aryl methyl sites for hydroxylation is 2. The molecule has 0 saturated heterocycles. The molecule has 0 aliphatic heterocycles. The van der Waals surface area contributed by atoms with Gasteiger partial charge in [-0.15, -0.1) is 0 Å². The predicted octanol–water partition coefficient (Wildman–Crippen LogP) is 6.75. The Labute approximate surface area is 225 Å². The number of carbonyl (C=O) groups is 1. The molecule has 0 atom stereocenters. The van der Waals surface area contributed by atoms with Gasteiger partial charge in [-0.2, -0.15) is 13.2 Å². The van der Waals surface area contributed by atoms with Gasteiger partial charge in [-0.3, -0.25) is 4.79 Å². The third-order valence-electron chi connectivity index (χ3n) is 6.50. The number of nitrogens with zero attached hydrogens (tertiary/aromatic N) is 1. The third-order valence-corrected chi connectivity index (χ3v) is 7.63. The Hall–Kier alpha value is -4.05. The van der Waals surface area contributed by atoms with E-state index in [0.29, 0.717) is 34.0 Å². The number of anilines is 1. The molecule has 10 heteroatoms. The fourth-order valence-electron chi connectivity index (χ4n) is 4.56. The average molecular weight is 557 g/mol. The molecule has 4 aromatic rings. The van der Waals surface area contributed by atoms with Crippen LogP contribution in [0.5, 0.6) is 5.75 Å². The first-order valence-electron chi connectivity index (χ1n) is 11.9. The first-order chi connectivity index (χ1) is 18.2. The highest BCUT2D eigenvalue weighted by Gasteiger charge is 2.35. The molecule has 204 valence electrons. The third kappa shape index (κ3) is 5.70. The van der Waals surface area contributed by atoms with Crippen LogP contribution >= 0.6 is 0 Å². The minimum atomic E-state index is -4.65. The van der Waals surface area contributed by atoms with Crippen molar-refractivity contribution in [1.82, 2.24) is 4.57 Å². The lowest BCUT2D eigenvalue weighted by atomic mass is 9.97. The van der Waals surface area contributed by atoms with Crippen LogP contribution < -0.4 is 10.1 Å². The summed E-state index contributed by atoms with van der Waals surface area (Å²) in [5.41, 5.74) is 2.23. The quantitative estimate of drug-likeness (QED) is 0.285. The Kier molecular flexibility index (Phi) is 7.36. The number of methoxy groups -OCH3 is 1. The van der Waals surface area contributed by atoms with Crippen molar-refractivity contribution in [3.8, 4) is 22.6 Å². The van der Waals surface area contributed by atoms with E-state index >= 15 is 0 Å². The van der Waals surface area contributed by atoms with Gasteiger partial charge < -0.3 is 14.6 Å². The molecule has 6 nitrogen and oxygen atoms in total. The van der Waals surface area contributed by atoms with Gasteiger partial charge >= 0.3 is 6.18 Å². The van der Waals surface area contributed by atoms with Crippen molar-refractivity contribution < 1.29 is 31.1 Å². The van der Waals surface area contributed by atoms with Gasteiger partial charge in [-0.25, -0.2) is 8.42 Å². The molecule has 1 heterocycles. The van der Waals surface area contributed by atoms with Crippen LogP contribution in [0.2, 0.25) is 0 Å². The SMILES string of the molecule is COc1ccc(-c2ccc(-n3c(C)cc(C(=O)Nc4ccc(S(C)(=O)=O)cc4)c3C)c(C(F)(F)F)c2)c(C)c1. The van der Waals surface area contributed by atoms with Crippen LogP contribution in [0.4, 0.5) is 18.9 Å². The van der Waals surface area contributed by atoms with E-state index in [9.17, 15) is 26.4 Å². The number of alkyl halides is 3. The van der Waals surface area contributed by atoms with Crippen LogP contribution in [-0.2, 0) is 16.0 Å². The standard InChI is InChI=1S/C29H27F3N2O4S/c1-17-14-22(38-4)9-12-24(17)20-6-13-27(26(16-20)29(30,31)32)34-18(2)15-25(19(34)3)28(35)33-21-7-10-23(11-8-21)39(5,36)37/h6-16H,1-5H3,(H,33,35). The van der Waals surface area contributed by atoms with Gasteiger partial charge in [0.25, 0.3) is 5.91 Å². The van der Waals surface area contributed by atoms with E-state index in [1.54, 1.807) is 45.0 Å². The molecule has 0 bridgehead atoms. The number of hydrogen-bond acceptors (Lipinski definition) is 4. The Morgan fingerprint density at radius 3 is 2.15 bits per heavy atom. The maximum atomic E-state index is 14.3. The number of sulfone groups is 1. The Morgan fingerprint density at radius 1 is 0.923 bits per heavy atom. The number of nitrogens with one attached hydrogen (secondary N) is 1. The summed E-state index contributed by atoms with van der Waals surface area (Å²) in [6, 6.07) is 16.5. The molecular weight excluding hydrogens is 529 g/mol. The van der Waals surface area contributed by atoms with E-state index in [1.807, 2.05) is 0 Å². The Morgan fingerprint density at radius 2 is 1.59 bits per heavy atom. The number of amides is 1. The highest BCUT2D eigenvalue weighted by molar-refractivity contribution is 7.90. The predicted molar refractivity (Wildman–Crippen MR) is 144 cm³/mol. The molecule has 0 fully saturated rings. The lowest BCUT2D eigenvalue weighted by molar-refractivity contribution is -0.137. The van der Waals surface area contributed by atoms with Crippen LogP contribution in [0.3, 0.4) is 0 Å². The van der Waals surface area contributed by atoms with E-state index in [0.717, 1.165) is 17.9 Å². The molecule has 1 amide bonds. The second-order valence-electron chi connectivity index (χ2n) is 9.28. The number of hydrogen-bond donors (Lipinski definition) is 1. The molecule has 0 radical (unpaired) electrons. The van der Waals surface area contributed by atoms with Crippen molar-refractivity contribution >= 4 is 21.4 Å². The van der Waals surface area contributed by atoms with E-state index in [1.165, 1.54) is 48.1 Å². The minimum absolute atomic E-state index is 0.0935. The van der Waals surface area contributed by atoms with Crippen LogP contribution in [0.15, 0.2) is 71.6 Å². The molecule has 0 aliphatic carbocycles. The van der Waals surface area contributed by atoms with E-state index < -0.39 is 27.5 Å². The van der Waals surface area contributed by atoms with E-state index in [-0.39, 0.29) is 16.1 Å². The van der Waals surface area contributed by atoms with Gasteiger partial charge in [-0.1, -0.05) is 12.1 Å². The summed E-state index contributed by atoms with van der Waals surface area (Å²) >= 11 is 0. The van der Waals surface area contributed by atoms with Crippen molar-refractivity contribution in [2.75, 3.05) is 18.7 Å². The van der Waals surface area contributed by atoms with E-state index in [2.05, 4.69) is 5.32 Å². The number of ether oxygens (including phenoxy) is 1. The monoisotopic (exact) mass is 556 g/mol. The van der Waals surface area contributed by atoms with Gasteiger partial charge in [0, 0.05) is 23.3 Å². The summed E-state index contributed by atoms with van der Waals surface area (Å²) in [7, 11) is -1.87. The highest BCUT2D eigenvalue weighted by atomic mass is 32.2. The first-order valence-corrected chi connectivity index (χ1v) is 13.8. The summed E-state index contributed by atoms with van der Waals surface area (Å²) in [6.45, 7) is 5.02. The largest absolute Gasteiger partial charge is 0.497 e. The van der Waals surface area contributed by atoms with Crippen LogP contribution in [0.25, 0.3) is 16.8 Å². The topological polar surface area (TPSA) is 77.4 Å². The molecule has 0 unspecified atom stereocenters. The van der Waals surface area contributed by atoms with Crippen LogP contribution in [0, 0.1) is 20.8 Å². The molecule has 4 rings (SSSR count). The van der Waals surface area contributed by atoms with Crippen molar-refractivity contribution in [3.63, 3.8) is 0 Å². The fourth-order valence-corrected chi connectivity index (χ4v) is 5.19. The van der Waals surface area contributed by atoms with Crippen molar-refractivity contribution in [2.45, 2.75) is 31.8 Å².